The van der Waals surface area contributed by atoms with E-state index >= 15 is 0 Å². The molecule has 0 saturated carbocycles. The molecule has 104 valence electrons. The molecule has 2 rings (SSSR count). The molecule has 3 N–H and O–H groups in total. The van der Waals surface area contributed by atoms with Crippen molar-refractivity contribution in [1.29, 1.82) is 0 Å². The Morgan fingerprint density at radius 1 is 1.42 bits per heavy atom. The minimum Gasteiger partial charge on any atom is -0.364 e. The number of rotatable bonds is 4. The van der Waals surface area contributed by atoms with Crippen molar-refractivity contribution in [3.63, 3.8) is 0 Å². The van der Waals surface area contributed by atoms with Crippen molar-refractivity contribution in [3.8, 4) is 0 Å². The molecule has 1 aliphatic heterocycles. The first-order valence-corrected chi connectivity index (χ1v) is 6.17. The molecule has 0 aliphatic carbocycles. The van der Waals surface area contributed by atoms with Gasteiger partial charge >= 0.3 is 0 Å². The maximum atomic E-state index is 13.3. The zero-order valence-corrected chi connectivity index (χ0v) is 10.4. The number of amides is 1. The van der Waals surface area contributed by atoms with E-state index in [2.05, 4.69) is 5.32 Å². The molecule has 0 spiro atoms. The molecule has 0 aromatic heterocycles. The largest absolute Gasteiger partial charge is 0.364 e. The number of carbonyl (C=O) groups excluding carboxylic acids is 1. The van der Waals surface area contributed by atoms with Crippen molar-refractivity contribution >= 4 is 5.91 Å². The second-order valence-corrected chi connectivity index (χ2v) is 4.51. The first-order chi connectivity index (χ1) is 9.10. The predicted molar refractivity (Wildman–Crippen MR) is 65.2 cm³/mol. The van der Waals surface area contributed by atoms with Crippen LogP contribution in [0.5, 0.6) is 0 Å². The highest BCUT2D eigenvalue weighted by molar-refractivity contribution is 5.81. The second-order valence-electron chi connectivity index (χ2n) is 4.51. The summed E-state index contributed by atoms with van der Waals surface area (Å²) in [6.07, 6.45) is 0.689. The van der Waals surface area contributed by atoms with Crippen LogP contribution in [0.15, 0.2) is 18.2 Å². The van der Waals surface area contributed by atoms with E-state index < -0.39 is 17.7 Å². The van der Waals surface area contributed by atoms with E-state index in [4.69, 9.17) is 10.5 Å². The Morgan fingerprint density at radius 2 is 2.21 bits per heavy atom. The molecule has 1 heterocycles. The topological polar surface area (TPSA) is 64.4 Å². The van der Waals surface area contributed by atoms with E-state index in [1.165, 1.54) is 0 Å². The second kappa shape index (κ2) is 6.08. The van der Waals surface area contributed by atoms with Gasteiger partial charge in [0.1, 0.15) is 17.7 Å². The maximum absolute atomic E-state index is 13.3. The van der Waals surface area contributed by atoms with Gasteiger partial charge in [0.2, 0.25) is 5.91 Å². The Morgan fingerprint density at radius 3 is 2.89 bits per heavy atom. The minimum absolute atomic E-state index is 0.0599. The summed E-state index contributed by atoms with van der Waals surface area (Å²) < 4.78 is 31.7. The Bertz CT molecular complexity index is 468. The minimum atomic E-state index is -0.551. The fourth-order valence-corrected chi connectivity index (χ4v) is 2.05. The van der Waals surface area contributed by atoms with Gasteiger partial charge in [-0.25, -0.2) is 8.78 Å². The normalized spacial score (nSPS) is 22.5. The zero-order valence-electron chi connectivity index (χ0n) is 10.4. The lowest BCUT2D eigenvalue weighted by Gasteiger charge is -2.13. The van der Waals surface area contributed by atoms with E-state index in [1.807, 2.05) is 0 Å². The van der Waals surface area contributed by atoms with Crippen LogP contribution in [-0.2, 0) is 16.1 Å². The standard InChI is InChI=1S/C13H16F2N2O2/c14-9-1-3-11(15)8(5-9)7-17-13(18)12-4-2-10(6-16)19-12/h1,3,5,10,12H,2,4,6-7,16H2,(H,17,18)/t10-,12+/m1/s1. The van der Waals surface area contributed by atoms with Gasteiger partial charge in [-0.2, -0.15) is 0 Å². The van der Waals surface area contributed by atoms with Crippen molar-refractivity contribution in [3.05, 3.63) is 35.4 Å². The summed E-state index contributed by atoms with van der Waals surface area (Å²) in [5, 5.41) is 2.54. The average Bonchev–Trinajstić information content (AvgIpc) is 2.88. The van der Waals surface area contributed by atoms with E-state index in [-0.39, 0.29) is 24.1 Å². The third kappa shape index (κ3) is 3.48. The SMILES string of the molecule is NC[C@H]1CC[C@@H](C(=O)NCc2cc(F)ccc2F)O1. The number of benzene rings is 1. The summed E-state index contributed by atoms with van der Waals surface area (Å²) in [6.45, 7) is 0.317. The Kier molecular flexibility index (Phi) is 4.44. The number of hydrogen-bond donors (Lipinski definition) is 2. The highest BCUT2D eigenvalue weighted by Crippen LogP contribution is 2.19. The quantitative estimate of drug-likeness (QED) is 0.860. The molecule has 0 unspecified atom stereocenters. The molecule has 19 heavy (non-hydrogen) atoms. The number of carbonyl (C=O) groups is 1. The molecule has 0 radical (unpaired) electrons. The number of hydrogen-bond acceptors (Lipinski definition) is 3. The third-order valence-corrected chi connectivity index (χ3v) is 3.12. The molecule has 1 aromatic rings. The van der Waals surface area contributed by atoms with Crippen molar-refractivity contribution in [2.45, 2.75) is 31.6 Å². The van der Waals surface area contributed by atoms with Gasteiger partial charge in [-0.05, 0) is 31.0 Å². The Hall–Kier alpha value is -1.53. The van der Waals surface area contributed by atoms with Gasteiger partial charge in [-0.15, -0.1) is 0 Å². The maximum Gasteiger partial charge on any atom is 0.249 e. The highest BCUT2D eigenvalue weighted by Gasteiger charge is 2.29. The van der Waals surface area contributed by atoms with E-state index in [0.29, 0.717) is 13.0 Å². The van der Waals surface area contributed by atoms with Crippen LogP contribution in [0.4, 0.5) is 8.78 Å². The summed E-state index contributed by atoms with van der Waals surface area (Å²) >= 11 is 0. The molecular weight excluding hydrogens is 254 g/mol. The molecule has 0 bridgehead atoms. The van der Waals surface area contributed by atoms with Crippen LogP contribution >= 0.6 is 0 Å². The van der Waals surface area contributed by atoms with Gasteiger partial charge in [0, 0.05) is 18.7 Å². The van der Waals surface area contributed by atoms with Gasteiger partial charge in [-0.3, -0.25) is 4.79 Å². The van der Waals surface area contributed by atoms with E-state index in [9.17, 15) is 13.6 Å². The third-order valence-electron chi connectivity index (χ3n) is 3.12. The average molecular weight is 270 g/mol. The molecule has 2 atom stereocenters. The van der Waals surface area contributed by atoms with Crippen molar-refractivity contribution < 1.29 is 18.3 Å². The van der Waals surface area contributed by atoms with Gasteiger partial charge in [0.15, 0.2) is 0 Å². The van der Waals surface area contributed by atoms with Crippen LogP contribution in [0, 0.1) is 11.6 Å². The van der Waals surface area contributed by atoms with Gasteiger partial charge < -0.3 is 15.8 Å². The monoisotopic (exact) mass is 270 g/mol. The molecular formula is C13H16F2N2O2. The molecule has 1 amide bonds. The van der Waals surface area contributed by atoms with Gasteiger partial charge in [0.05, 0.1) is 6.10 Å². The smallest absolute Gasteiger partial charge is 0.249 e. The van der Waals surface area contributed by atoms with E-state index in [1.54, 1.807) is 0 Å². The number of nitrogens with two attached hydrogens (primary N) is 1. The van der Waals surface area contributed by atoms with Crippen molar-refractivity contribution in [2.75, 3.05) is 6.54 Å². The molecule has 1 fully saturated rings. The van der Waals surface area contributed by atoms with Crippen LogP contribution in [0.2, 0.25) is 0 Å². The first-order valence-electron chi connectivity index (χ1n) is 6.17. The predicted octanol–water partition coefficient (Wildman–Crippen LogP) is 1.09. The lowest BCUT2D eigenvalue weighted by atomic mass is 10.1. The molecule has 1 saturated heterocycles. The number of ether oxygens (including phenoxy) is 1. The Labute approximate surface area is 109 Å². The number of halogens is 2. The fourth-order valence-electron chi connectivity index (χ4n) is 2.05. The molecule has 1 aliphatic rings. The lowest BCUT2D eigenvalue weighted by molar-refractivity contribution is -0.132. The Balaban J connectivity index is 1.88. The van der Waals surface area contributed by atoms with Crippen LogP contribution in [0.25, 0.3) is 0 Å². The molecule has 4 nitrogen and oxygen atoms in total. The number of nitrogens with one attached hydrogen (secondary N) is 1. The summed E-state index contributed by atoms with van der Waals surface area (Å²) in [7, 11) is 0. The van der Waals surface area contributed by atoms with Crippen LogP contribution in [-0.4, -0.2) is 24.7 Å². The van der Waals surface area contributed by atoms with Crippen LogP contribution in [0.1, 0.15) is 18.4 Å². The zero-order chi connectivity index (χ0) is 13.8. The first kappa shape index (κ1) is 13.9. The van der Waals surface area contributed by atoms with Crippen LogP contribution < -0.4 is 11.1 Å². The van der Waals surface area contributed by atoms with Gasteiger partial charge in [0.25, 0.3) is 0 Å². The van der Waals surface area contributed by atoms with Crippen molar-refractivity contribution in [1.82, 2.24) is 5.32 Å². The highest BCUT2D eigenvalue weighted by atomic mass is 19.1. The van der Waals surface area contributed by atoms with E-state index in [0.717, 1.165) is 24.6 Å². The molecule has 6 heteroatoms. The van der Waals surface area contributed by atoms with Crippen molar-refractivity contribution in [2.24, 2.45) is 5.73 Å². The molecule has 1 aromatic carbocycles. The fraction of sp³-hybridized carbons (Fsp3) is 0.462. The van der Waals surface area contributed by atoms with Gasteiger partial charge in [-0.1, -0.05) is 0 Å². The van der Waals surface area contributed by atoms with Crippen LogP contribution in [0.3, 0.4) is 0 Å². The summed E-state index contributed by atoms with van der Waals surface area (Å²) in [5.74, 6) is -1.40. The summed E-state index contributed by atoms with van der Waals surface area (Å²) in [6, 6.07) is 3.13. The lowest BCUT2D eigenvalue weighted by Crippen LogP contribution is -2.35. The summed E-state index contributed by atoms with van der Waals surface area (Å²) in [4.78, 5) is 11.8. The summed E-state index contributed by atoms with van der Waals surface area (Å²) in [5.41, 5.74) is 5.56.